The van der Waals surface area contributed by atoms with E-state index in [1.807, 2.05) is 12.1 Å². The largest absolute Gasteiger partial charge is 0.206 e. The Kier molecular flexibility index (Phi) is 9.03. The Morgan fingerprint density at radius 3 is 2.03 bits per heavy atom. The fraction of sp³-hybridized carbons (Fsp3) is 0.741. The van der Waals surface area contributed by atoms with E-state index in [2.05, 4.69) is 6.92 Å². The highest BCUT2D eigenvalue weighted by molar-refractivity contribution is 5.33. The summed E-state index contributed by atoms with van der Waals surface area (Å²) in [4.78, 5) is 0. The van der Waals surface area contributed by atoms with E-state index in [0.29, 0.717) is 0 Å². The van der Waals surface area contributed by atoms with Gasteiger partial charge in [0, 0.05) is 0 Å². The number of hydrogen-bond donors (Lipinski definition) is 0. The molecule has 0 saturated heterocycles. The fourth-order valence-corrected chi connectivity index (χ4v) is 5.93. The van der Waals surface area contributed by atoms with Gasteiger partial charge in [0.1, 0.15) is 11.9 Å². The second-order valence-corrected chi connectivity index (χ2v) is 9.88. The van der Waals surface area contributed by atoms with Crippen LogP contribution < -0.4 is 0 Å². The molecule has 0 radical (unpaired) electrons. The third-order valence-electron chi connectivity index (χ3n) is 7.91. The highest BCUT2D eigenvalue weighted by Gasteiger charge is 2.30. The second-order valence-electron chi connectivity index (χ2n) is 9.88. The Balaban J connectivity index is 1.33. The van der Waals surface area contributed by atoms with Crippen LogP contribution in [0.4, 0.5) is 4.39 Å². The van der Waals surface area contributed by atoms with Crippen molar-refractivity contribution >= 4 is 0 Å². The van der Waals surface area contributed by atoms with E-state index in [1.54, 1.807) is 12.1 Å². The Labute approximate surface area is 178 Å². The summed E-state index contributed by atoms with van der Waals surface area (Å²) in [6.45, 7) is 2.30. The second kappa shape index (κ2) is 11.7. The van der Waals surface area contributed by atoms with Crippen LogP contribution in [0.25, 0.3) is 0 Å². The van der Waals surface area contributed by atoms with Crippen LogP contribution in [0.15, 0.2) is 18.2 Å². The van der Waals surface area contributed by atoms with Crippen molar-refractivity contribution in [1.82, 2.24) is 0 Å². The number of rotatable bonds is 9. The zero-order chi connectivity index (χ0) is 20.5. The van der Waals surface area contributed by atoms with E-state index in [-0.39, 0.29) is 11.4 Å². The third-order valence-corrected chi connectivity index (χ3v) is 7.91. The molecule has 3 rings (SSSR count). The quantitative estimate of drug-likeness (QED) is 0.385. The maximum atomic E-state index is 13.8. The van der Waals surface area contributed by atoms with Gasteiger partial charge in [-0.05, 0) is 79.9 Å². The topological polar surface area (TPSA) is 23.8 Å². The SMILES string of the molecule is CCCCCC[C@H]1CC[C@H](C2CCC(CCc3ccc(C#N)c(F)c3)CC2)CC1. The molecular weight excluding hydrogens is 357 g/mol. The van der Waals surface area contributed by atoms with Gasteiger partial charge in [0.15, 0.2) is 0 Å². The average molecular weight is 398 g/mol. The van der Waals surface area contributed by atoms with Crippen LogP contribution in [0.3, 0.4) is 0 Å². The highest BCUT2D eigenvalue weighted by Crippen LogP contribution is 2.43. The molecule has 0 unspecified atom stereocenters. The van der Waals surface area contributed by atoms with Crippen LogP contribution in [-0.4, -0.2) is 0 Å². The molecule has 2 fully saturated rings. The van der Waals surface area contributed by atoms with Crippen molar-refractivity contribution in [3.05, 3.63) is 35.1 Å². The van der Waals surface area contributed by atoms with Gasteiger partial charge in [0.2, 0.25) is 0 Å². The molecule has 0 N–H and O–H groups in total. The first-order valence-electron chi connectivity index (χ1n) is 12.4. The summed E-state index contributed by atoms with van der Waals surface area (Å²) in [5.74, 6) is 3.43. The van der Waals surface area contributed by atoms with Gasteiger partial charge in [-0.25, -0.2) is 4.39 Å². The van der Waals surface area contributed by atoms with E-state index in [9.17, 15) is 4.39 Å². The number of nitrogens with zero attached hydrogens (tertiary/aromatic N) is 1. The summed E-state index contributed by atoms with van der Waals surface area (Å²) >= 11 is 0. The zero-order valence-corrected chi connectivity index (χ0v) is 18.5. The Morgan fingerprint density at radius 1 is 0.862 bits per heavy atom. The molecule has 2 heteroatoms. The van der Waals surface area contributed by atoms with Gasteiger partial charge in [-0.3, -0.25) is 0 Å². The molecule has 1 nitrogen and oxygen atoms in total. The third kappa shape index (κ3) is 6.84. The number of nitriles is 1. The van der Waals surface area contributed by atoms with Gasteiger partial charge < -0.3 is 0 Å². The van der Waals surface area contributed by atoms with Crippen molar-refractivity contribution in [3.8, 4) is 6.07 Å². The highest BCUT2D eigenvalue weighted by atomic mass is 19.1. The summed E-state index contributed by atoms with van der Waals surface area (Å²) < 4.78 is 13.8. The standard InChI is InChI=1S/C27H40FN/c1-2-3-4-5-6-21-9-14-24(15-10-21)25-16-11-22(12-17-25)7-8-23-13-18-26(20-29)27(28)19-23/h13,18-19,21-22,24-25H,2-12,14-17H2,1H3/t21-,22?,24-,25?. The van der Waals surface area contributed by atoms with Crippen LogP contribution in [0.1, 0.15) is 108 Å². The Bertz CT molecular complexity index is 645. The van der Waals surface area contributed by atoms with E-state index in [0.717, 1.165) is 35.7 Å². The zero-order valence-electron chi connectivity index (χ0n) is 18.5. The molecule has 1 aromatic carbocycles. The van der Waals surface area contributed by atoms with Crippen LogP contribution in [0, 0.1) is 40.8 Å². The monoisotopic (exact) mass is 397 g/mol. The van der Waals surface area contributed by atoms with Gasteiger partial charge in [-0.15, -0.1) is 0 Å². The minimum Gasteiger partial charge on any atom is -0.206 e. The van der Waals surface area contributed by atoms with Crippen LogP contribution in [0.5, 0.6) is 0 Å². The summed E-state index contributed by atoms with van der Waals surface area (Å²) in [5, 5.41) is 8.86. The van der Waals surface area contributed by atoms with Gasteiger partial charge in [0.25, 0.3) is 0 Å². The lowest BCUT2D eigenvalue weighted by atomic mass is 9.68. The fourth-order valence-electron chi connectivity index (χ4n) is 5.93. The van der Waals surface area contributed by atoms with Crippen LogP contribution in [-0.2, 0) is 6.42 Å². The van der Waals surface area contributed by atoms with Crippen molar-refractivity contribution in [2.24, 2.45) is 23.7 Å². The smallest absolute Gasteiger partial charge is 0.141 e. The molecule has 0 spiro atoms. The average Bonchev–Trinajstić information content (AvgIpc) is 2.76. The number of benzene rings is 1. The lowest BCUT2D eigenvalue weighted by Gasteiger charge is -2.38. The molecule has 0 aliphatic heterocycles. The summed E-state index contributed by atoms with van der Waals surface area (Å²) in [7, 11) is 0. The van der Waals surface area contributed by atoms with Crippen LogP contribution >= 0.6 is 0 Å². The molecule has 0 amide bonds. The molecule has 0 heterocycles. The molecule has 0 aromatic heterocycles. The van der Waals surface area contributed by atoms with Crippen molar-refractivity contribution in [1.29, 1.82) is 5.26 Å². The van der Waals surface area contributed by atoms with Crippen molar-refractivity contribution < 1.29 is 4.39 Å². The first-order chi connectivity index (χ1) is 14.2. The van der Waals surface area contributed by atoms with E-state index >= 15 is 0 Å². The molecule has 2 saturated carbocycles. The van der Waals surface area contributed by atoms with Gasteiger partial charge in [0.05, 0.1) is 5.56 Å². The van der Waals surface area contributed by atoms with E-state index in [4.69, 9.17) is 5.26 Å². The Hall–Kier alpha value is -1.36. The molecular formula is C27H40FN. The summed E-state index contributed by atoms with van der Waals surface area (Å²) in [5.41, 5.74) is 1.20. The van der Waals surface area contributed by atoms with E-state index in [1.165, 1.54) is 89.9 Å². The number of aryl methyl sites for hydroxylation is 1. The molecule has 2 aliphatic carbocycles. The predicted octanol–water partition coefficient (Wildman–Crippen LogP) is 8.21. The Morgan fingerprint density at radius 2 is 1.48 bits per heavy atom. The minimum absolute atomic E-state index is 0.157. The van der Waals surface area contributed by atoms with Gasteiger partial charge in [-0.2, -0.15) is 5.26 Å². The first-order valence-corrected chi connectivity index (χ1v) is 12.4. The van der Waals surface area contributed by atoms with Crippen molar-refractivity contribution in [2.75, 3.05) is 0 Å². The van der Waals surface area contributed by atoms with Gasteiger partial charge in [-0.1, -0.05) is 70.8 Å². The number of hydrogen-bond acceptors (Lipinski definition) is 1. The molecule has 160 valence electrons. The molecule has 29 heavy (non-hydrogen) atoms. The lowest BCUT2D eigenvalue weighted by molar-refractivity contribution is 0.140. The maximum Gasteiger partial charge on any atom is 0.141 e. The number of halogens is 1. The predicted molar refractivity (Wildman–Crippen MR) is 119 cm³/mol. The molecule has 0 atom stereocenters. The summed E-state index contributed by atoms with van der Waals surface area (Å²) in [6.07, 6.45) is 20.8. The molecule has 2 aliphatic rings. The van der Waals surface area contributed by atoms with Gasteiger partial charge >= 0.3 is 0 Å². The normalized spacial score (nSPS) is 27.5. The minimum atomic E-state index is -0.366. The summed E-state index contributed by atoms with van der Waals surface area (Å²) in [6, 6.07) is 7.02. The lowest BCUT2D eigenvalue weighted by Crippen LogP contribution is -2.26. The molecule has 0 bridgehead atoms. The maximum absolute atomic E-state index is 13.8. The van der Waals surface area contributed by atoms with Crippen molar-refractivity contribution in [3.63, 3.8) is 0 Å². The first kappa shape index (κ1) is 22.3. The number of unbranched alkanes of at least 4 members (excludes halogenated alkanes) is 3. The van der Waals surface area contributed by atoms with E-state index < -0.39 is 0 Å². The van der Waals surface area contributed by atoms with Crippen LogP contribution in [0.2, 0.25) is 0 Å². The molecule has 1 aromatic rings. The van der Waals surface area contributed by atoms with Crippen molar-refractivity contribution in [2.45, 2.75) is 103 Å².